The topological polar surface area (TPSA) is 79.7 Å². The van der Waals surface area contributed by atoms with Gasteiger partial charge in [0.25, 0.3) is 0 Å². The first-order valence-corrected chi connectivity index (χ1v) is 8.95. The quantitative estimate of drug-likeness (QED) is 0.744. The lowest BCUT2D eigenvalue weighted by Crippen LogP contribution is -2.34. The van der Waals surface area contributed by atoms with E-state index in [0.717, 1.165) is 31.6 Å². The molecule has 0 bridgehead atoms. The molecule has 1 fully saturated rings. The maximum atomic E-state index is 13.9. The van der Waals surface area contributed by atoms with Gasteiger partial charge in [-0.2, -0.15) is 0 Å². The highest BCUT2D eigenvalue weighted by atomic mass is 19.1. The molecule has 4 rings (SSSR count). The monoisotopic (exact) mass is 365 g/mol. The highest BCUT2D eigenvalue weighted by Crippen LogP contribution is 2.26. The van der Waals surface area contributed by atoms with Crippen molar-refractivity contribution in [3.05, 3.63) is 66.4 Å². The van der Waals surface area contributed by atoms with Crippen molar-refractivity contribution in [1.82, 2.24) is 29.8 Å². The smallest absolute Gasteiger partial charge is 0.228 e. The predicted molar refractivity (Wildman–Crippen MR) is 98.8 cm³/mol. The van der Waals surface area contributed by atoms with E-state index in [0.29, 0.717) is 24.0 Å². The van der Waals surface area contributed by atoms with Crippen LogP contribution in [-0.4, -0.2) is 42.9 Å². The van der Waals surface area contributed by atoms with Crippen molar-refractivity contribution >= 4 is 11.8 Å². The van der Waals surface area contributed by atoms with Crippen molar-refractivity contribution < 1.29 is 4.39 Å². The van der Waals surface area contributed by atoms with Crippen LogP contribution in [0.25, 0.3) is 0 Å². The van der Waals surface area contributed by atoms with Gasteiger partial charge < -0.3 is 5.32 Å². The number of nitrogens with zero attached hydrogens (tertiary/aromatic N) is 6. The van der Waals surface area contributed by atoms with Crippen molar-refractivity contribution in [2.24, 2.45) is 0 Å². The van der Waals surface area contributed by atoms with Crippen LogP contribution in [0.5, 0.6) is 0 Å². The summed E-state index contributed by atoms with van der Waals surface area (Å²) in [5.74, 6) is 1.12. The molecule has 1 N–H and O–H groups in total. The summed E-state index contributed by atoms with van der Waals surface area (Å²) in [6.07, 6.45) is 10.5. The number of piperidine rings is 1. The lowest BCUT2D eigenvalue weighted by molar-refractivity contribution is 0.194. The molecule has 1 saturated heterocycles. The molecule has 27 heavy (non-hydrogen) atoms. The Kier molecular flexibility index (Phi) is 5.24. The fourth-order valence-corrected chi connectivity index (χ4v) is 3.28. The van der Waals surface area contributed by atoms with E-state index in [1.165, 1.54) is 6.07 Å². The molecule has 1 aliphatic heterocycles. The molecule has 0 saturated carbocycles. The van der Waals surface area contributed by atoms with Crippen molar-refractivity contribution in [3.8, 4) is 0 Å². The van der Waals surface area contributed by atoms with Crippen LogP contribution in [-0.2, 0) is 6.54 Å². The summed E-state index contributed by atoms with van der Waals surface area (Å²) in [7, 11) is 0. The van der Waals surface area contributed by atoms with Gasteiger partial charge in [0, 0.05) is 37.6 Å². The van der Waals surface area contributed by atoms with Crippen molar-refractivity contribution in [1.29, 1.82) is 0 Å². The zero-order valence-corrected chi connectivity index (χ0v) is 14.8. The molecular weight excluding hydrogens is 345 g/mol. The largest absolute Gasteiger partial charge is 0.307 e. The van der Waals surface area contributed by atoms with Crippen LogP contribution in [0.3, 0.4) is 0 Å². The number of likely N-dealkylation sites (tertiary alicyclic amines) is 1. The van der Waals surface area contributed by atoms with Crippen molar-refractivity contribution in [2.45, 2.75) is 25.3 Å². The normalized spacial score (nSPS) is 17.6. The summed E-state index contributed by atoms with van der Waals surface area (Å²) >= 11 is 0. The molecule has 1 unspecified atom stereocenters. The molecule has 1 aliphatic rings. The van der Waals surface area contributed by atoms with Crippen LogP contribution in [0.4, 0.5) is 16.2 Å². The van der Waals surface area contributed by atoms with Gasteiger partial charge in [-0.25, -0.2) is 19.3 Å². The second-order valence-electron chi connectivity index (χ2n) is 6.53. The van der Waals surface area contributed by atoms with Gasteiger partial charge in [0.2, 0.25) is 5.95 Å². The lowest BCUT2D eigenvalue weighted by atomic mass is 9.95. The Labute approximate surface area is 156 Å². The molecule has 0 aromatic carbocycles. The Hall–Kier alpha value is -3.00. The maximum Gasteiger partial charge on any atom is 0.228 e. The number of pyridine rings is 1. The molecule has 0 aliphatic carbocycles. The predicted octanol–water partition coefficient (Wildman–Crippen LogP) is 2.92. The number of nitrogens with one attached hydrogen (secondary N) is 1. The Morgan fingerprint density at radius 3 is 2.67 bits per heavy atom. The molecule has 1 atom stereocenters. The number of anilines is 2. The fraction of sp³-hybridized carbons (Fsp3) is 0.316. The summed E-state index contributed by atoms with van der Waals surface area (Å²) in [6.45, 7) is 2.27. The van der Waals surface area contributed by atoms with E-state index in [1.807, 2.05) is 0 Å². The molecule has 7 nitrogen and oxygen atoms in total. The van der Waals surface area contributed by atoms with E-state index in [-0.39, 0.29) is 11.7 Å². The number of hydrogen-bond donors (Lipinski definition) is 1. The summed E-state index contributed by atoms with van der Waals surface area (Å²) in [6, 6.07) is 4.83. The van der Waals surface area contributed by atoms with Gasteiger partial charge in [-0.3, -0.25) is 14.9 Å². The molecule has 0 radical (unpaired) electrons. The third-order valence-electron chi connectivity index (χ3n) is 4.61. The Morgan fingerprint density at radius 2 is 1.89 bits per heavy atom. The van der Waals surface area contributed by atoms with E-state index in [1.54, 1.807) is 43.1 Å². The van der Waals surface area contributed by atoms with Gasteiger partial charge in [0.05, 0.1) is 23.8 Å². The molecular formula is C19H20FN7. The highest BCUT2D eigenvalue weighted by Gasteiger charge is 2.23. The number of halogens is 1. The van der Waals surface area contributed by atoms with Crippen LogP contribution in [0.1, 0.15) is 30.1 Å². The molecule has 0 spiro atoms. The number of aromatic nitrogens is 5. The minimum atomic E-state index is -0.252. The third-order valence-corrected chi connectivity index (χ3v) is 4.61. The van der Waals surface area contributed by atoms with Gasteiger partial charge in [0.15, 0.2) is 5.82 Å². The summed E-state index contributed by atoms with van der Waals surface area (Å²) in [5.41, 5.74) is 1.44. The SMILES string of the molecule is Fc1cccnc1CN1CCCC(c2cnc(Nc3ncccn3)cn2)C1. The van der Waals surface area contributed by atoms with Gasteiger partial charge in [-0.15, -0.1) is 0 Å². The van der Waals surface area contributed by atoms with E-state index in [9.17, 15) is 4.39 Å². The molecule has 3 aromatic heterocycles. The third kappa shape index (κ3) is 4.40. The molecule has 8 heteroatoms. The van der Waals surface area contributed by atoms with Gasteiger partial charge in [-0.05, 0) is 37.6 Å². The second kappa shape index (κ2) is 8.13. The summed E-state index contributed by atoms with van der Waals surface area (Å²) < 4.78 is 13.9. The van der Waals surface area contributed by atoms with Crippen LogP contribution in [0.15, 0.2) is 49.2 Å². The van der Waals surface area contributed by atoms with E-state index in [2.05, 4.69) is 35.1 Å². The fourth-order valence-electron chi connectivity index (χ4n) is 3.28. The van der Waals surface area contributed by atoms with Crippen molar-refractivity contribution in [3.63, 3.8) is 0 Å². The average Bonchev–Trinajstić information content (AvgIpc) is 2.71. The van der Waals surface area contributed by atoms with E-state index in [4.69, 9.17) is 0 Å². The summed E-state index contributed by atoms with van der Waals surface area (Å²) in [4.78, 5) is 23.6. The van der Waals surface area contributed by atoms with Gasteiger partial charge in [0.1, 0.15) is 5.82 Å². The zero-order chi connectivity index (χ0) is 18.5. The van der Waals surface area contributed by atoms with Crippen LogP contribution in [0, 0.1) is 5.82 Å². The van der Waals surface area contributed by atoms with Crippen LogP contribution in [0.2, 0.25) is 0 Å². The van der Waals surface area contributed by atoms with Gasteiger partial charge >= 0.3 is 0 Å². The van der Waals surface area contributed by atoms with Crippen LogP contribution < -0.4 is 5.32 Å². The second-order valence-corrected chi connectivity index (χ2v) is 6.53. The maximum absolute atomic E-state index is 13.9. The molecule has 4 heterocycles. The molecule has 0 amide bonds. The van der Waals surface area contributed by atoms with Crippen molar-refractivity contribution in [2.75, 3.05) is 18.4 Å². The Morgan fingerprint density at radius 1 is 1.04 bits per heavy atom. The Balaban J connectivity index is 1.40. The van der Waals surface area contributed by atoms with Crippen LogP contribution >= 0.6 is 0 Å². The van der Waals surface area contributed by atoms with E-state index >= 15 is 0 Å². The highest BCUT2D eigenvalue weighted by molar-refractivity contribution is 5.45. The minimum absolute atomic E-state index is 0.252. The van der Waals surface area contributed by atoms with Gasteiger partial charge in [-0.1, -0.05) is 0 Å². The number of hydrogen-bond acceptors (Lipinski definition) is 7. The summed E-state index contributed by atoms with van der Waals surface area (Å²) in [5, 5.41) is 3.03. The molecule has 138 valence electrons. The zero-order valence-electron chi connectivity index (χ0n) is 14.8. The molecule has 3 aromatic rings. The average molecular weight is 365 g/mol. The first kappa shape index (κ1) is 17.4. The number of rotatable bonds is 5. The Bertz CT molecular complexity index is 873. The lowest BCUT2D eigenvalue weighted by Gasteiger charge is -2.32. The standard InChI is InChI=1S/C19H20FN7/c20-15-5-1-6-21-17(15)13-27-9-2-4-14(12-27)16-10-25-18(11-24-16)26-19-22-7-3-8-23-19/h1,3,5-8,10-11,14H,2,4,9,12-13H2,(H,22,23,25,26). The van der Waals surface area contributed by atoms with E-state index < -0.39 is 0 Å². The first-order valence-electron chi connectivity index (χ1n) is 8.95. The first-order chi connectivity index (χ1) is 13.3. The minimum Gasteiger partial charge on any atom is -0.307 e.